The van der Waals surface area contributed by atoms with Crippen molar-refractivity contribution in [2.45, 2.75) is 0 Å². The van der Waals surface area contributed by atoms with E-state index < -0.39 is 5.91 Å². The standard InChI is InChI=1S/C20H11Cl2FN2O2/c21-16-2-1-3-17(19(16)22)25-20(26)13(11-24)10-15-8-9-18(27-15)12-4-6-14(23)7-5-12/h1-10H,(H,25,26)/b13-10-. The van der Waals surface area contributed by atoms with Crippen molar-refractivity contribution in [3.63, 3.8) is 0 Å². The molecular weight excluding hydrogens is 390 g/mol. The van der Waals surface area contributed by atoms with E-state index in [1.165, 1.54) is 18.2 Å². The zero-order valence-corrected chi connectivity index (χ0v) is 15.2. The highest BCUT2D eigenvalue weighted by Crippen LogP contribution is 2.30. The maximum Gasteiger partial charge on any atom is 0.266 e. The van der Waals surface area contributed by atoms with Crippen molar-refractivity contribution in [2.75, 3.05) is 5.32 Å². The first-order valence-electron chi connectivity index (χ1n) is 7.71. The van der Waals surface area contributed by atoms with Crippen molar-refractivity contribution >= 4 is 40.9 Å². The summed E-state index contributed by atoms with van der Waals surface area (Å²) >= 11 is 11.9. The first-order valence-corrected chi connectivity index (χ1v) is 8.46. The molecule has 134 valence electrons. The number of carbonyl (C=O) groups excluding carboxylic acids is 1. The summed E-state index contributed by atoms with van der Waals surface area (Å²) in [7, 11) is 0. The second-order valence-electron chi connectivity index (χ2n) is 5.43. The quantitative estimate of drug-likeness (QED) is 0.435. The number of hydrogen-bond acceptors (Lipinski definition) is 3. The Kier molecular flexibility index (Phi) is 5.60. The molecule has 0 aliphatic carbocycles. The fraction of sp³-hybridized carbons (Fsp3) is 0. The lowest BCUT2D eigenvalue weighted by Crippen LogP contribution is -2.13. The molecule has 3 rings (SSSR count). The zero-order valence-electron chi connectivity index (χ0n) is 13.7. The Morgan fingerprint density at radius 3 is 2.56 bits per heavy atom. The summed E-state index contributed by atoms with van der Waals surface area (Å²) < 4.78 is 18.6. The molecule has 1 heterocycles. The Bertz CT molecular complexity index is 1070. The Morgan fingerprint density at radius 2 is 1.85 bits per heavy atom. The van der Waals surface area contributed by atoms with Gasteiger partial charge in [0.1, 0.15) is 29.0 Å². The summed E-state index contributed by atoms with van der Waals surface area (Å²) in [6.07, 6.45) is 1.31. The smallest absolute Gasteiger partial charge is 0.266 e. The van der Waals surface area contributed by atoms with Crippen molar-refractivity contribution in [3.8, 4) is 17.4 Å². The molecule has 2 aromatic carbocycles. The Labute approximate surface area is 164 Å². The zero-order chi connectivity index (χ0) is 19.4. The summed E-state index contributed by atoms with van der Waals surface area (Å²) in [6, 6.07) is 15.6. The predicted molar refractivity (Wildman–Crippen MR) is 103 cm³/mol. The predicted octanol–water partition coefficient (Wildman–Crippen LogP) is 5.94. The van der Waals surface area contributed by atoms with Crippen LogP contribution in [0.3, 0.4) is 0 Å². The molecule has 1 amide bonds. The average molecular weight is 401 g/mol. The van der Waals surface area contributed by atoms with E-state index in [4.69, 9.17) is 27.6 Å². The molecule has 0 saturated carbocycles. The van der Waals surface area contributed by atoms with Crippen LogP contribution in [0.5, 0.6) is 0 Å². The number of carbonyl (C=O) groups is 1. The van der Waals surface area contributed by atoms with Gasteiger partial charge >= 0.3 is 0 Å². The van der Waals surface area contributed by atoms with Gasteiger partial charge in [-0.3, -0.25) is 4.79 Å². The number of nitrogens with one attached hydrogen (secondary N) is 1. The SMILES string of the molecule is N#C/C(=C/c1ccc(-c2ccc(F)cc2)o1)C(=O)Nc1cccc(Cl)c1Cl. The fourth-order valence-corrected chi connectivity index (χ4v) is 2.63. The summed E-state index contributed by atoms with van der Waals surface area (Å²) in [5, 5.41) is 12.3. The number of furan rings is 1. The van der Waals surface area contributed by atoms with Crippen molar-refractivity contribution in [2.24, 2.45) is 0 Å². The van der Waals surface area contributed by atoms with Crippen LogP contribution in [0.15, 0.2) is 64.6 Å². The van der Waals surface area contributed by atoms with E-state index in [9.17, 15) is 14.4 Å². The molecule has 27 heavy (non-hydrogen) atoms. The number of anilines is 1. The van der Waals surface area contributed by atoms with Gasteiger partial charge in [0.15, 0.2) is 0 Å². The van der Waals surface area contributed by atoms with E-state index in [1.807, 2.05) is 6.07 Å². The van der Waals surface area contributed by atoms with Gasteiger partial charge in [0.25, 0.3) is 5.91 Å². The number of nitrogens with zero attached hydrogens (tertiary/aromatic N) is 1. The number of amides is 1. The molecule has 0 fully saturated rings. The van der Waals surface area contributed by atoms with Crippen LogP contribution in [0.1, 0.15) is 5.76 Å². The first kappa shape index (κ1) is 18.7. The third kappa shape index (κ3) is 4.37. The van der Waals surface area contributed by atoms with Gasteiger partial charge in [-0.15, -0.1) is 0 Å². The van der Waals surface area contributed by atoms with Gasteiger partial charge in [0.05, 0.1) is 15.7 Å². The van der Waals surface area contributed by atoms with Gasteiger partial charge in [-0.1, -0.05) is 29.3 Å². The van der Waals surface area contributed by atoms with Gasteiger partial charge in [-0.25, -0.2) is 4.39 Å². The summed E-state index contributed by atoms with van der Waals surface area (Å²) in [5.74, 6) is -0.218. The molecule has 4 nitrogen and oxygen atoms in total. The Hall–Kier alpha value is -3.07. The minimum absolute atomic E-state index is 0.175. The van der Waals surface area contributed by atoms with Crippen molar-refractivity contribution in [1.82, 2.24) is 0 Å². The summed E-state index contributed by atoms with van der Waals surface area (Å²) in [4.78, 5) is 12.3. The van der Waals surface area contributed by atoms with Crippen molar-refractivity contribution in [1.29, 1.82) is 5.26 Å². The topological polar surface area (TPSA) is 66.0 Å². The number of benzene rings is 2. The lowest BCUT2D eigenvalue weighted by atomic mass is 10.2. The fourth-order valence-electron chi connectivity index (χ4n) is 2.28. The van der Waals surface area contributed by atoms with Crippen LogP contribution in [-0.4, -0.2) is 5.91 Å². The van der Waals surface area contributed by atoms with Crippen molar-refractivity contribution < 1.29 is 13.6 Å². The van der Waals surface area contributed by atoms with Crippen LogP contribution >= 0.6 is 23.2 Å². The minimum Gasteiger partial charge on any atom is -0.457 e. The molecule has 0 saturated heterocycles. The van der Waals surface area contributed by atoms with Gasteiger partial charge < -0.3 is 9.73 Å². The molecule has 0 spiro atoms. The van der Waals surface area contributed by atoms with Crippen molar-refractivity contribution in [3.05, 3.63) is 81.8 Å². The second-order valence-corrected chi connectivity index (χ2v) is 6.22. The van der Waals surface area contributed by atoms with Crippen LogP contribution in [-0.2, 0) is 4.79 Å². The van der Waals surface area contributed by atoms with Crippen LogP contribution in [0.25, 0.3) is 17.4 Å². The number of halogens is 3. The van der Waals surface area contributed by atoms with Crippen LogP contribution in [0.4, 0.5) is 10.1 Å². The van der Waals surface area contributed by atoms with E-state index >= 15 is 0 Å². The molecule has 0 bridgehead atoms. The van der Waals surface area contributed by atoms with Crippen LogP contribution in [0.2, 0.25) is 10.0 Å². The Morgan fingerprint density at radius 1 is 1.11 bits per heavy atom. The molecule has 0 aliphatic rings. The highest BCUT2D eigenvalue weighted by molar-refractivity contribution is 6.44. The van der Waals surface area contributed by atoms with E-state index in [0.29, 0.717) is 22.8 Å². The third-order valence-electron chi connectivity index (χ3n) is 3.61. The number of hydrogen-bond donors (Lipinski definition) is 1. The lowest BCUT2D eigenvalue weighted by Gasteiger charge is -2.07. The molecule has 1 N–H and O–H groups in total. The van der Waals surface area contributed by atoms with E-state index in [2.05, 4.69) is 5.32 Å². The van der Waals surface area contributed by atoms with E-state index in [0.717, 1.165) is 0 Å². The molecule has 3 aromatic rings. The maximum absolute atomic E-state index is 13.0. The number of rotatable bonds is 4. The number of nitriles is 1. The Balaban J connectivity index is 1.82. The monoisotopic (exact) mass is 400 g/mol. The largest absolute Gasteiger partial charge is 0.457 e. The molecule has 7 heteroatoms. The van der Waals surface area contributed by atoms with Crippen LogP contribution in [0, 0.1) is 17.1 Å². The van der Waals surface area contributed by atoms with Gasteiger partial charge in [-0.2, -0.15) is 5.26 Å². The third-order valence-corrected chi connectivity index (χ3v) is 4.43. The normalized spacial score (nSPS) is 11.1. The first-order chi connectivity index (χ1) is 13.0. The van der Waals surface area contributed by atoms with E-state index in [1.54, 1.807) is 42.5 Å². The summed E-state index contributed by atoms with van der Waals surface area (Å²) in [5.41, 5.74) is 0.789. The van der Waals surface area contributed by atoms with Crippen LogP contribution < -0.4 is 5.32 Å². The highest BCUT2D eigenvalue weighted by Gasteiger charge is 2.14. The second kappa shape index (κ2) is 8.09. The molecule has 0 aliphatic heterocycles. The molecule has 0 unspecified atom stereocenters. The molecule has 0 atom stereocenters. The van der Waals surface area contributed by atoms with Gasteiger partial charge in [0.2, 0.25) is 0 Å². The molecule has 0 radical (unpaired) electrons. The molecular formula is C20H11Cl2FN2O2. The summed E-state index contributed by atoms with van der Waals surface area (Å²) in [6.45, 7) is 0. The lowest BCUT2D eigenvalue weighted by molar-refractivity contribution is -0.112. The minimum atomic E-state index is -0.651. The highest BCUT2D eigenvalue weighted by atomic mass is 35.5. The molecule has 1 aromatic heterocycles. The van der Waals surface area contributed by atoms with Gasteiger partial charge in [0, 0.05) is 11.6 Å². The maximum atomic E-state index is 13.0. The van der Waals surface area contributed by atoms with Gasteiger partial charge in [-0.05, 0) is 48.5 Å². The van der Waals surface area contributed by atoms with E-state index in [-0.39, 0.29) is 21.4 Å². The average Bonchev–Trinajstić information content (AvgIpc) is 3.12.